The first-order chi connectivity index (χ1) is 11.7. The van der Waals surface area contributed by atoms with Gasteiger partial charge in [0.25, 0.3) is 5.91 Å². The molecule has 3 rings (SSSR count). The van der Waals surface area contributed by atoms with Gasteiger partial charge in [-0.3, -0.25) is 4.79 Å². The molecule has 0 radical (unpaired) electrons. The summed E-state index contributed by atoms with van der Waals surface area (Å²) in [5.74, 6) is 0.648. The van der Waals surface area contributed by atoms with Crippen molar-refractivity contribution < 1.29 is 9.53 Å². The van der Waals surface area contributed by atoms with Gasteiger partial charge in [0.15, 0.2) is 6.61 Å². The second-order valence-corrected chi connectivity index (χ2v) is 7.06. The zero-order chi connectivity index (χ0) is 16.8. The Morgan fingerprint density at radius 3 is 2.50 bits per heavy atom. The predicted octanol–water partition coefficient (Wildman–Crippen LogP) is 4.94. The lowest BCUT2D eigenvalue weighted by molar-refractivity contribution is -0.124. The van der Waals surface area contributed by atoms with E-state index in [-0.39, 0.29) is 12.5 Å². The Kier molecular flexibility index (Phi) is 5.91. The highest BCUT2D eigenvalue weighted by Gasteiger charge is 2.16. The van der Waals surface area contributed by atoms with E-state index in [1.165, 1.54) is 19.3 Å². The van der Waals surface area contributed by atoms with E-state index in [9.17, 15) is 4.79 Å². The van der Waals surface area contributed by atoms with E-state index in [4.69, 9.17) is 4.74 Å². The van der Waals surface area contributed by atoms with Crippen LogP contribution in [0.3, 0.4) is 0 Å². The highest BCUT2D eigenvalue weighted by Crippen LogP contribution is 2.30. The monoisotopic (exact) mass is 387 g/mol. The molecule has 1 N–H and O–H groups in total. The summed E-state index contributed by atoms with van der Waals surface area (Å²) in [5.41, 5.74) is 2.27. The van der Waals surface area contributed by atoms with Gasteiger partial charge in [0.05, 0.1) is 4.47 Å². The fourth-order valence-corrected chi connectivity index (χ4v) is 3.58. The van der Waals surface area contributed by atoms with E-state index in [2.05, 4.69) is 33.4 Å². The van der Waals surface area contributed by atoms with Gasteiger partial charge in [-0.2, -0.15) is 0 Å². The minimum Gasteiger partial charge on any atom is -0.483 e. The molecule has 1 aliphatic rings. The standard InChI is InChI=1S/C20H22BrNO2/c21-18-13-16(15-7-3-1-4-8-15)11-12-19(18)24-14-20(23)22-17-9-5-2-6-10-17/h1,3-4,7-8,11-13,17H,2,5-6,9-10,14H2,(H,22,23). The Bertz CT molecular complexity index is 681. The van der Waals surface area contributed by atoms with E-state index in [1.54, 1.807) is 0 Å². The smallest absolute Gasteiger partial charge is 0.258 e. The molecule has 126 valence electrons. The molecule has 0 bridgehead atoms. The van der Waals surface area contributed by atoms with Crippen LogP contribution in [-0.4, -0.2) is 18.6 Å². The zero-order valence-corrected chi connectivity index (χ0v) is 15.2. The topological polar surface area (TPSA) is 38.3 Å². The van der Waals surface area contributed by atoms with E-state index >= 15 is 0 Å². The third kappa shape index (κ3) is 4.60. The van der Waals surface area contributed by atoms with E-state index in [0.29, 0.717) is 11.8 Å². The van der Waals surface area contributed by atoms with Gasteiger partial charge < -0.3 is 10.1 Å². The third-order valence-corrected chi connectivity index (χ3v) is 4.99. The predicted molar refractivity (Wildman–Crippen MR) is 100 cm³/mol. The summed E-state index contributed by atoms with van der Waals surface area (Å²) in [5, 5.41) is 3.07. The van der Waals surface area contributed by atoms with Gasteiger partial charge in [0, 0.05) is 6.04 Å². The first-order valence-corrected chi connectivity index (χ1v) is 9.29. The molecule has 2 aromatic rings. The van der Waals surface area contributed by atoms with Crippen LogP contribution in [-0.2, 0) is 4.79 Å². The first-order valence-electron chi connectivity index (χ1n) is 8.49. The van der Waals surface area contributed by atoms with Crippen molar-refractivity contribution in [2.24, 2.45) is 0 Å². The van der Waals surface area contributed by atoms with Crippen LogP contribution >= 0.6 is 15.9 Å². The fourth-order valence-electron chi connectivity index (χ4n) is 3.09. The number of carbonyl (C=O) groups is 1. The van der Waals surface area contributed by atoms with Crippen molar-refractivity contribution in [3.8, 4) is 16.9 Å². The largest absolute Gasteiger partial charge is 0.483 e. The van der Waals surface area contributed by atoms with Crippen molar-refractivity contribution in [3.05, 3.63) is 53.0 Å². The fraction of sp³-hybridized carbons (Fsp3) is 0.350. The number of hydrogen-bond donors (Lipinski definition) is 1. The number of hydrogen-bond acceptors (Lipinski definition) is 2. The van der Waals surface area contributed by atoms with Crippen molar-refractivity contribution in [3.63, 3.8) is 0 Å². The van der Waals surface area contributed by atoms with E-state index < -0.39 is 0 Å². The number of amides is 1. The van der Waals surface area contributed by atoms with Crippen molar-refractivity contribution in [2.45, 2.75) is 38.1 Å². The molecule has 2 aromatic carbocycles. The maximum atomic E-state index is 12.0. The molecule has 0 aromatic heterocycles. The van der Waals surface area contributed by atoms with Crippen molar-refractivity contribution in [1.29, 1.82) is 0 Å². The zero-order valence-electron chi connectivity index (χ0n) is 13.6. The Balaban J connectivity index is 1.56. The normalized spacial score (nSPS) is 15.0. The van der Waals surface area contributed by atoms with E-state index in [1.807, 2.05) is 36.4 Å². The Hall–Kier alpha value is -1.81. The Morgan fingerprint density at radius 1 is 1.04 bits per heavy atom. The van der Waals surface area contributed by atoms with Crippen molar-refractivity contribution in [1.82, 2.24) is 5.32 Å². The second kappa shape index (κ2) is 8.34. The molecule has 3 nitrogen and oxygen atoms in total. The van der Waals surface area contributed by atoms with Crippen LogP contribution in [0.5, 0.6) is 5.75 Å². The highest BCUT2D eigenvalue weighted by molar-refractivity contribution is 9.10. The van der Waals surface area contributed by atoms with Crippen molar-refractivity contribution >= 4 is 21.8 Å². The number of benzene rings is 2. The van der Waals surface area contributed by atoms with Crippen LogP contribution in [0.1, 0.15) is 32.1 Å². The molecule has 0 heterocycles. The molecule has 0 saturated heterocycles. The van der Waals surface area contributed by atoms with Crippen LogP contribution in [0.2, 0.25) is 0 Å². The average molecular weight is 388 g/mol. The summed E-state index contributed by atoms with van der Waals surface area (Å²) in [6.07, 6.45) is 5.86. The summed E-state index contributed by atoms with van der Waals surface area (Å²) < 4.78 is 6.53. The summed E-state index contributed by atoms with van der Waals surface area (Å²) in [6, 6.07) is 16.4. The van der Waals surface area contributed by atoms with E-state index in [0.717, 1.165) is 28.4 Å². The number of ether oxygens (including phenoxy) is 1. The quantitative estimate of drug-likeness (QED) is 0.788. The van der Waals surface area contributed by atoms with Gasteiger partial charge in [-0.15, -0.1) is 0 Å². The molecule has 1 aliphatic carbocycles. The van der Waals surface area contributed by atoms with Crippen LogP contribution < -0.4 is 10.1 Å². The minimum atomic E-state index is -0.0408. The Labute approximate surface area is 151 Å². The van der Waals surface area contributed by atoms with Crippen LogP contribution in [0.15, 0.2) is 53.0 Å². The minimum absolute atomic E-state index is 0.0408. The van der Waals surface area contributed by atoms with Crippen LogP contribution in [0, 0.1) is 0 Å². The lowest BCUT2D eigenvalue weighted by Gasteiger charge is -2.22. The first kappa shape index (κ1) is 17.0. The molecule has 1 amide bonds. The third-order valence-electron chi connectivity index (χ3n) is 4.37. The number of nitrogens with one attached hydrogen (secondary N) is 1. The van der Waals surface area contributed by atoms with Gasteiger partial charge in [0.2, 0.25) is 0 Å². The lowest BCUT2D eigenvalue weighted by atomic mass is 9.95. The lowest BCUT2D eigenvalue weighted by Crippen LogP contribution is -2.38. The molecule has 4 heteroatoms. The second-order valence-electron chi connectivity index (χ2n) is 6.20. The number of halogens is 1. The van der Waals surface area contributed by atoms with Crippen molar-refractivity contribution in [2.75, 3.05) is 6.61 Å². The molecule has 24 heavy (non-hydrogen) atoms. The molecule has 0 atom stereocenters. The average Bonchev–Trinajstić information content (AvgIpc) is 2.62. The molecule has 1 saturated carbocycles. The van der Waals surface area contributed by atoms with Gasteiger partial charge in [-0.1, -0.05) is 55.7 Å². The molecule has 0 unspecified atom stereocenters. The molecular weight excluding hydrogens is 366 g/mol. The number of carbonyl (C=O) groups excluding carboxylic acids is 1. The van der Waals surface area contributed by atoms with Gasteiger partial charge >= 0.3 is 0 Å². The summed E-state index contributed by atoms with van der Waals surface area (Å²) in [6.45, 7) is 0.0553. The van der Waals surface area contributed by atoms with Gasteiger partial charge in [0.1, 0.15) is 5.75 Å². The molecule has 0 aliphatic heterocycles. The summed E-state index contributed by atoms with van der Waals surface area (Å²) in [4.78, 5) is 12.0. The molecular formula is C20H22BrNO2. The van der Waals surface area contributed by atoms with Crippen LogP contribution in [0.4, 0.5) is 0 Å². The maximum Gasteiger partial charge on any atom is 0.258 e. The summed E-state index contributed by atoms with van der Waals surface area (Å²) >= 11 is 3.54. The Morgan fingerprint density at radius 2 is 1.79 bits per heavy atom. The van der Waals surface area contributed by atoms with Gasteiger partial charge in [-0.05, 0) is 52.0 Å². The molecule has 0 spiro atoms. The van der Waals surface area contributed by atoms with Gasteiger partial charge in [-0.25, -0.2) is 0 Å². The maximum absolute atomic E-state index is 12.0. The van der Waals surface area contributed by atoms with Crippen LogP contribution in [0.25, 0.3) is 11.1 Å². The molecule has 1 fully saturated rings. The highest BCUT2D eigenvalue weighted by atomic mass is 79.9. The SMILES string of the molecule is O=C(COc1ccc(-c2ccccc2)cc1Br)NC1CCCCC1. The summed E-state index contributed by atoms with van der Waals surface area (Å²) in [7, 11) is 0. The number of rotatable bonds is 5.